The molecule has 0 unspecified atom stereocenters. The Hall–Kier alpha value is -1.44. The van der Waals surface area contributed by atoms with Crippen LogP contribution in [0.15, 0.2) is 36.4 Å². The highest BCUT2D eigenvalue weighted by molar-refractivity contribution is 5.83. The summed E-state index contributed by atoms with van der Waals surface area (Å²) in [4.78, 5) is 0. The van der Waals surface area contributed by atoms with Gasteiger partial charge in [0.15, 0.2) is 0 Å². The number of alkyl halides is 2. The van der Waals surface area contributed by atoms with E-state index in [0.29, 0.717) is 0 Å². The summed E-state index contributed by atoms with van der Waals surface area (Å²) >= 11 is 0. The van der Waals surface area contributed by atoms with Crippen molar-refractivity contribution in [3.8, 4) is 0 Å². The Morgan fingerprint density at radius 2 is 1.53 bits per heavy atom. The zero-order valence-electron chi connectivity index (χ0n) is 8.72. The summed E-state index contributed by atoms with van der Waals surface area (Å²) in [5.74, 6) is -2.76. The SMILES string of the molecule is Cc1ccc2cc(C(C)(F)F)ccc2c1. The molecular formula is C13H12F2. The molecule has 2 aromatic rings. The highest BCUT2D eigenvalue weighted by Crippen LogP contribution is 2.29. The quantitative estimate of drug-likeness (QED) is 0.654. The van der Waals surface area contributed by atoms with Crippen LogP contribution in [-0.4, -0.2) is 0 Å². The lowest BCUT2D eigenvalue weighted by Crippen LogP contribution is -2.06. The van der Waals surface area contributed by atoms with Crippen molar-refractivity contribution in [1.29, 1.82) is 0 Å². The second-order valence-corrected chi connectivity index (χ2v) is 3.95. The number of benzene rings is 2. The zero-order chi connectivity index (χ0) is 11.1. The third kappa shape index (κ3) is 1.99. The lowest BCUT2D eigenvalue weighted by atomic mass is 10.0. The maximum atomic E-state index is 13.1. The molecular weight excluding hydrogens is 194 g/mol. The second kappa shape index (κ2) is 3.30. The first-order chi connectivity index (χ1) is 6.97. The number of fused-ring (bicyclic) bond motifs is 1. The van der Waals surface area contributed by atoms with Gasteiger partial charge in [-0.2, -0.15) is 0 Å². The second-order valence-electron chi connectivity index (χ2n) is 3.95. The molecule has 0 atom stereocenters. The molecule has 0 fully saturated rings. The number of aryl methyl sites for hydroxylation is 1. The minimum Gasteiger partial charge on any atom is -0.202 e. The number of halogens is 2. The van der Waals surface area contributed by atoms with Crippen molar-refractivity contribution in [2.75, 3.05) is 0 Å². The summed E-state index contributed by atoms with van der Waals surface area (Å²) < 4.78 is 26.1. The van der Waals surface area contributed by atoms with Crippen molar-refractivity contribution < 1.29 is 8.78 Å². The van der Waals surface area contributed by atoms with Gasteiger partial charge in [-0.25, -0.2) is 8.78 Å². The maximum Gasteiger partial charge on any atom is 0.270 e. The molecule has 0 aromatic heterocycles. The molecule has 15 heavy (non-hydrogen) atoms. The molecule has 0 saturated heterocycles. The summed E-state index contributed by atoms with van der Waals surface area (Å²) in [7, 11) is 0. The molecule has 0 saturated carbocycles. The minimum absolute atomic E-state index is 0.0684. The molecule has 2 heteroatoms. The van der Waals surface area contributed by atoms with Crippen LogP contribution in [0.25, 0.3) is 10.8 Å². The molecule has 0 nitrogen and oxygen atoms in total. The molecule has 0 N–H and O–H groups in total. The van der Waals surface area contributed by atoms with E-state index in [-0.39, 0.29) is 5.56 Å². The Morgan fingerprint density at radius 3 is 2.20 bits per heavy atom. The van der Waals surface area contributed by atoms with E-state index in [4.69, 9.17) is 0 Å². The van der Waals surface area contributed by atoms with Crippen molar-refractivity contribution in [3.05, 3.63) is 47.5 Å². The predicted octanol–water partition coefficient (Wildman–Crippen LogP) is 4.26. The van der Waals surface area contributed by atoms with Crippen LogP contribution < -0.4 is 0 Å². The van der Waals surface area contributed by atoms with E-state index in [1.807, 2.05) is 25.1 Å². The molecule has 0 aliphatic rings. The van der Waals surface area contributed by atoms with Gasteiger partial charge in [0, 0.05) is 12.5 Å². The molecule has 0 amide bonds. The first-order valence-corrected chi connectivity index (χ1v) is 4.85. The van der Waals surface area contributed by atoms with E-state index < -0.39 is 5.92 Å². The van der Waals surface area contributed by atoms with Gasteiger partial charge in [-0.3, -0.25) is 0 Å². The van der Waals surface area contributed by atoms with Crippen LogP contribution in [0.1, 0.15) is 18.1 Å². The summed E-state index contributed by atoms with van der Waals surface area (Å²) in [6.07, 6.45) is 0. The Labute approximate surface area is 87.5 Å². The van der Waals surface area contributed by atoms with Crippen LogP contribution in [0, 0.1) is 6.92 Å². The molecule has 0 aliphatic heterocycles. The first-order valence-electron chi connectivity index (χ1n) is 4.85. The Bertz CT molecular complexity index is 495. The highest BCUT2D eigenvalue weighted by atomic mass is 19.3. The Balaban J connectivity index is 2.62. The molecule has 0 bridgehead atoms. The number of rotatable bonds is 1. The van der Waals surface area contributed by atoms with Gasteiger partial charge in [-0.05, 0) is 23.8 Å². The van der Waals surface area contributed by atoms with Gasteiger partial charge in [-0.15, -0.1) is 0 Å². The molecule has 0 heterocycles. The van der Waals surface area contributed by atoms with Crippen LogP contribution in [-0.2, 0) is 5.92 Å². The molecule has 2 aromatic carbocycles. The van der Waals surface area contributed by atoms with E-state index in [1.165, 1.54) is 6.07 Å². The average molecular weight is 206 g/mol. The third-order valence-corrected chi connectivity index (χ3v) is 2.50. The molecule has 0 aliphatic carbocycles. The minimum atomic E-state index is -2.76. The van der Waals surface area contributed by atoms with Crippen LogP contribution in [0.4, 0.5) is 8.78 Å². The van der Waals surface area contributed by atoms with Crippen molar-refractivity contribution in [2.45, 2.75) is 19.8 Å². The van der Waals surface area contributed by atoms with Crippen LogP contribution in [0.3, 0.4) is 0 Å². The zero-order valence-corrected chi connectivity index (χ0v) is 8.72. The van der Waals surface area contributed by atoms with E-state index >= 15 is 0 Å². The standard InChI is InChI=1S/C13H12F2/c1-9-3-4-11-8-12(13(2,14)15)6-5-10(11)7-9/h3-8H,1-2H3. The van der Waals surface area contributed by atoms with Gasteiger partial charge in [-0.1, -0.05) is 35.9 Å². The van der Waals surface area contributed by atoms with Gasteiger partial charge in [0.1, 0.15) is 0 Å². The summed E-state index contributed by atoms with van der Waals surface area (Å²) in [5, 5.41) is 1.86. The summed E-state index contributed by atoms with van der Waals surface area (Å²) in [5.41, 5.74) is 1.21. The van der Waals surface area contributed by atoms with Gasteiger partial charge in [0.25, 0.3) is 5.92 Å². The smallest absolute Gasteiger partial charge is 0.202 e. The normalized spacial score (nSPS) is 12.0. The van der Waals surface area contributed by atoms with Gasteiger partial charge in [0.05, 0.1) is 0 Å². The van der Waals surface area contributed by atoms with Crippen LogP contribution >= 0.6 is 0 Å². The first kappa shape index (κ1) is 10.1. The Morgan fingerprint density at radius 1 is 0.933 bits per heavy atom. The van der Waals surface area contributed by atoms with E-state index in [9.17, 15) is 8.78 Å². The molecule has 0 spiro atoms. The molecule has 0 radical (unpaired) electrons. The predicted molar refractivity (Wildman–Crippen MR) is 58.3 cm³/mol. The van der Waals surface area contributed by atoms with Crippen LogP contribution in [0.2, 0.25) is 0 Å². The fraction of sp³-hybridized carbons (Fsp3) is 0.231. The Kier molecular flexibility index (Phi) is 2.22. The van der Waals surface area contributed by atoms with E-state index in [1.54, 1.807) is 12.1 Å². The highest BCUT2D eigenvalue weighted by Gasteiger charge is 2.23. The lowest BCUT2D eigenvalue weighted by Gasteiger charge is -2.11. The van der Waals surface area contributed by atoms with Crippen molar-refractivity contribution in [1.82, 2.24) is 0 Å². The lowest BCUT2D eigenvalue weighted by molar-refractivity contribution is 0.0176. The van der Waals surface area contributed by atoms with E-state index in [0.717, 1.165) is 23.3 Å². The van der Waals surface area contributed by atoms with Crippen molar-refractivity contribution in [2.24, 2.45) is 0 Å². The topological polar surface area (TPSA) is 0 Å². The van der Waals surface area contributed by atoms with Crippen molar-refractivity contribution >= 4 is 10.8 Å². The third-order valence-electron chi connectivity index (χ3n) is 2.50. The van der Waals surface area contributed by atoms with Crippen LogP contribution in [0.5, 0.6) is 0 Å². The molecule has 78 valence electrons. The number of hydrogen-bond donors (Lipinski definition) is 0. The van der Waals surface area contributed by atoms with E-state index in [2.05, 4.69) is 0 Å². The van der Waals surface area contributed by atoms with Gasteiger partial charge < -0.3 is 0 Å². The van der Waals surface area contributed by atoms with Gasteiger partial charge >= 0.3 is 0 Å². The fourth-order valence-corrected chi connectivity index (χ4v) is 1.64. The summed E-state index contributed by atoms with van der Waals surface area (Å²) in [6, 6.07) is 10.6. The largest absolute Gasteiger partial charge is 0.270 e. The fourth-order valence-electron chi connectivity index (χ4n) is 1.64. The maximum absolute atomic E-state index is 13.1. The molecule has 2 rings (SSSR count). The number of hydrogen-bond acceptors (Lipinski definition) is 0. The average Bonchev–Trinajstić information content (AvgIpc) is 2.15. The monoisotopic (exact) mass is 206 g/mol. The van der Waals surface area contributed by atoms with Crippen molar-refractivity contribution in [3.63, 3.8) is 0 Å². The van der Waals surface area contributed by atoms with Gasteiger partial charge in [0.2, 0.25) is 0 Å². The summed E-state index contributed by atoms with van der Waals surface area (Å²) in [6.45, 7) is 2.91.